The summed E-state index contributed by atoms with van der Waals surface area (Å²) >= 11 is 0. The van der Waals surface area contributed by atoms with Crippen LogP contribution in [0.4, 0.5) is 11.4 Å². The third-order valence-electron chi connectivity index (χ3n) is 5.61. The van der Waals surface area contributed by atoms with E-state index in [1.165, 1.54) is 46.1 Å². The topological polar surface area (TPSA) is 93.7 Å². The van der Waals surface area contributed by atoms with E-state index in [-0.39, 0.29) is 11.8 Å². The minimum absolute atomic E-state index is 0.0286. The highest BCUT2D eigenvalue weighted by molar-refractivity contribution is 6.05. The Morgan fingerprint density at radius 1 is 0.969 bits per heavy atom. The molecule has 2 N–H and O–H groups in total. The second kappa shape index (κ2) is 11.3. The SMILES string of the molecule is COc1ccc(NC(=O)CCC2CCCCC2)cc1NC(=O)c1ccc(OC(C)=O)cc1. The van der Waals surface area contributed by atoms with Crippen LogP contribution in [-0.2, 0) is 9.59 Å². The van der Waals surface area contributed by atoms with Gasteiger partial charge >= 0.3 is 5.97 Å². The molecule has 0 saturated heterocycles. The first-order valence-corrected chi connectivity index (χ1v) is 11.0. The van der Waals surface area contributed by atoms with Crippen molar-refractivity contribution in [2.45, 2.75) is 51.9 Å². The lowest BCUT2D eigenvalue weighted by Gasteiger charge is -2.21. The summed E-state index contributed by atoms with van der Waals surface area (Å²) < 4.78 is 10.3. The van der Waals surface area contributed by atoms with Crippen LogP contribution >= 0.6 is 0 Å². The molecule has 2 aromatic carbocycles. The second-order valence-electron chi connectivity index (χ2n) is 8.08. The van der Waals surface area contributed by atoms with Gasteiger partial charge < -0.3 is 20.1 Å². The first-order valence-electron chi connectivity index (χ1n) is 11.0. The molecular formula is C25H30N2O5. The molecule has 0 atom stereocenters. The summed E-state index contributed by atoms with van der Waals surface area (Å²) in [4.78, 5) is 36.1. The van der Waals surface area contributed by atoms with Crippen LogP contribution in [0.5, 0.6) is 11.5 Å². The molecule has 0 unspecified atom stereocenters. The van der Waals surface area contributed by atoms with Crippen molar-refractivity contribution in [2.75, 3.05) is 17.7 Å². The van der Waals surface area contributed by atoms with Crippen molar-refractivity contribution >= 4 is 29.2 Å². The fraction of sp³-hybridized carbons (Fsp3) is 0.400. The molecule has 0 aromatic heterocycles. The summed E-state index contributed by atoms with van der Waals surface area (Å²) in [7, 11) is 1.52. The van der Waals surface area contributed by atoms with E-state index in [0.717, 1.165) is 6.42 Å². The first-order chi connectivity index (χ1) is 15.4. The van der Waals surface area contributed by atoms with Crippen LogP contribution in [0.2, 0.25) is 0 Å². The Hall–Kier alpha value is -3.35. The maximum absolute atomic E-state index is 12.7. The molecule has 0 heterocycles. The minimum atomic E-state index is -0.426. The van der Waals surface area contributed by atoms with Crippen molar-refractivity contribution in [3.8, 4) is 11.5 Å². The van der Waals surface area contributed by atoms with E-state index < -0.39 is 5.97 Å². The number of nitrogens with one attached hydrogen (secondary N) is 2. The van der Waals surface area contributed by atoms with Crippen molar-refractivity contribution in [3.63, 3.8) is 0 Å². The number of anilines is 2. The molecule has 170 valence electrons. The molecule has 1 aliphatic rings. The number of benzene rings is 2. The largest absolute Gasteiger partial charge is 0.495 e. The molecule has 7 nitrogen and oxygen atoms in total. The third-order valence-corrected chi connectivity index (χ3v) is 5.61. The number of carbonyl (C=O) groups is 3. The van der Waals surface area contributed by atoms with E-state index in [9.17, 15) is 14.4 Å². The van der Waals surface area contributed by atoms with Gasteiger partial charge in [0.15, 0.2) is 0 Å². The van der Waals surface area contributed by atoms with Gasteiger partial charge in [0.2, 0.25) is 5.91 Å². The Morgan fingerprint density at radius 3 is 2.34 bits per heavy atom. The molecule has 0 radical (unpaired) electrons. The summed E-state index contributed by atoms with van der Waals surface area (Å²) in [6.45, 7) is 1.31. The number of amides is 2. The molecule has 32 heavy (non-hydrogen) atoms. The molecule has 1 aliphatic carbocycles. The quantitative estimate of drug-likeness (QED) is 0.438. The summed E-state index contributed by atoms with van der Waals surface area (Å²) in [5.74, 6) is 0.689. The lowest BCUT2D eigenvalue weighted by Crippen LogP contribution is -2.16. The number of esters is 1. The Kier molecular flexibility index (Phi) is 8.25. The van der Waals surface area contributed by atoms with Crippen molar-refractivity contribution in [3.05, 3.63) is 48.0 Å². The predicted octanol–water partition coefficient (Wildman–Crippen LogP) is 5.17. The molecule has 0 bridgehead atoms. The van der Waals surface area contributed by atoms with E-state index in [0.29, 0.717) is 40.8 Å². The lowest BCUT2D eigenvalue weighted by atomic mass is 9.86. The van der Waals surface area contributed by atoms with Crippen molar-refractivity contribution < 1.29 is 23.9 Å². The zero-order chi connectivity index (χ0) is 22.9. The number of carbonyl (C=O) groups excluding carboxylic acids is 3. The van der Waals surface area contributed by atoms with Crippen molar-refractivity contribution in [2.24, 2.45) is 5.92 Å². The van der Waals surface area contributed by atoms with Gasteiger partial charge in [0.25, 0.3) is 5.91 Å². The molecule has 0 aliphatic heterocycles. The van der Waals surface area contributed by atoms with Crippen molar-refractivity contribution in [1.29, 1.82) is 0 Å². The Bertz CT molecular complexity index is 949. The van der Waals surface area contributed by atoms with Gasteiger partial charge in [0.05, 0.1) is 12.8 Å². The third kappa shape index (κ3) is 6.83. The Morgan fingerprint density at radius 2 is 1.69 bits per heavy atom. The minimum Gasteiger partial charge on any atom is -0.495 e. The normalized spacial score (nSPS) is 13.8. The average Bonchev–Trinajstić information content (AvgIpc) is 2.79. The van der Waals surface area contributed by atoms with Crippen LogP contribution in [0.1, 0.15) is 62.2 Å². The number of hydrogen-bond donors (Lipinski definition) is 2. The van der Waals surface area contributed by atoms with Gasteiger partial charge in [0, 0.05) is 24.6 Å². The standard InChI is InChI=1S/C25H30N2O5/c1-17(28)32-21-12-9-19(10-13-21)25(30)27-22-16-20(11-14-23(22)31-2)26-24(29)15-8-18-6-4-3-5-7-18/h9-14,16,18H,3-8,15H2,1-2H3,(H,26,29)(H,27,30). The van der Waals surface area contributed by atoms with Gasteiger partial charge in [0.1, 0.15) is 11.5 Å². The highest BCUT2D eigenvalue weighted by Gasteiger charge is 2.16. The van der Waals surface area contributed by atoms with E-state index in [1.54, 1.807) is 42.5 Å². The van der Waals surface area contributed by atoms with Gasteiger partial charge in [-0.2, -0.15) is 0 Å². The molecular weight excluding hydrogens is 408 g/mol. The van der Waals surface area contributed by atoms with Gasteiger partial charge in [-0.05, 0) is 54.8 Å². The maximum Gasteiger partial charge on any atom is 0.308 e. The molecule has 0 spiro atoms. The monoisotopic (exact) mass is 438 g/mol. The van der Waals surface area contributed by atoms with Crippen LogP contribution in [0, 0.1) is 5.92 Å². The zero-order valence-corrected chi connectivity index (χ0v) is 18.6. The zero-order valence-electron chi connectivity index (χ0n) is 18.6. The van der Waals surface area contributed by atoms with Crippen LogP contribution < -0.4 is 20.1 Å². The highest BCUT2D eigenvalue weighted by Crippen LogP contribution is 2.30. The lowest BCUT2D eigenvalue weighted by molar-refractivity contribution is -0.131. The fourth-order valence-corrected chi connectivity index (χ4v) is 3.95. The molecule has 1 saturated carbocycles. The van der Waals surface area contributed by atoms with Crippen molar-refractivity contribution in [1.82, 2.24) is 0 Å². The van der Waals surface area contributed by atoms with Gasteiger partial charge in [-0.1, -0.05) is 32.1 Å². The Labute approximate surface area is 188 Å². The average molecular weight is 439 g/mol. The number of hydrogen-bond acceptors (Lipinski definition) is 5. The smallest absolute Gasteiger partial charge is 0.308 e. The highest BCUT2D eigenvalue weighted by atomic mass is 16.5. The second-order valence-corrected chi connectivity index (χ2v) is 8.08. The van der Waals surface area contributed by atoms with E-state index in [4.69, 9.17) is 9.47 Å². The molecule has 2 amide bonds. The van der Waals surface area contributed by atoms with Crippen LogP contribution in [0.15, 0.2) is 42.5 Å². The molecule has 3 rings (SSSR count). The van der Waals surface area contributed by atoms with Crippen LogP contribution in [0.3, 0.4) is 0 Å². The number of rotatable bonds is 8. The summed E-state index contributed by atoms with van der Waals surface area (Å²) in [6, 6.07) is 11.4. The van der Waals surface area contributed by atoms with Crippen LogP contribution in [-0.4, -0.2) is 24.9 Å². The van der Waals surface area contributed by atoms with Crippen LogP contribution in [0.25, 0.3) is 0 Å². The molecule has 1 fully saturated rings. The predicted molar refractivity (Wildman–Crippen MR) is 123 cm³/mol. The van der Waals surface area contributed by atoms with E-state index in [1.807, 2.05) is 0 Å². The summed E-state index contributed by atoms with van der Waals surface area (Å²) in [5.41, 5.74) is 1.44. The molecule has 7 heteroatoms. The maximum atomic E-state index is 12.7. The Balaban J connectivity index is 1.61. The van der Waals surface area contributed by atoms with Gasteiger partial charge in [-0.25, -0.2) is 0 Å². The summed E-state index contributed by atoms with van der Waals surface area (Å²) in [6.07, 6.45) is 7.67. The van der Waals surface area contributed by atoms with Gasteiger partial charge in [-0.15, -0.1) is 0 Å². The summed E-state index contributed by atoms with van der Waals surface area (Å²) in [5, 5.41) is 5.73. The fourth-order valence-electron chi connectivity index (χ4n) is 3.95. The molecule has 2 aromatic rings. The van der Waals surface area contributed by atoms with E-state index >= 15 is 0 Å². The number of methoxy groups -OCH3 is 1. The first kappa shape index (κ1) is 23.3. The number of ether oxygens (including phenoxy) is 2. The van der Waals surface area contributed by atoms with E-state index in [2.05, 4.69) is 10.6 Å². The van der Waals surface area contributed by atoms with Gasteiger partial charge in [-0.3, -0.25) is 14.4 Å².